The Kier molecular flexibility index (Phi) is 4.52. The van der Waals surface area contributed by atoms with E-state index in [-0.39, 0.29) is 17.1 Å². The van der Waals surface area contributed by atoms with Crippen molar-refractivity contribution >= 4 is 5.97 Å². The zero-order chi connectivity index (χ0) is 15.4. The summed E-state index contributed by atoms with van der Waals surface area (Å²) in [6, 6.07) is 9.44. The third kappa shape index (κ3) is 3.36. The summed E-state index contributed by atoms with van der Waals surface area (Å²) in [5.74, 6) is -0.515. The highest BCUT2D eigenvalue weighted by Crippen LogP contribution is 2.25. The lowest BCUT2D eigenvalue weighted by Gasteiger charge is -2.11. The van der Waals surface area contributed by atoms with Gasteiger partial charge in [-0.05, 0) is 35.4 Å². The van der Waals surface area contributed by atoms with Crippen LogP contribution in [0.2, 0.25) is 0 Å². The fraction of sp³-hybridized carbons (Fsp3) is 0.200. The Morgan fingerprint density at radius 2 is 1.90 bits per heavy atom. The number of benzene rings is 1. The number of esters is 1. The van der Waals surface area contributed by atoms with E-state index in [1.54, 1.807) is 18.2 Å². The molecule has 0 saturated carbocycles. The quantitative estimate of drug-likeness (QED) is 0.733. The number of phenols is 1. The van der Waals surface area contributed by atoms with Crippen molar-refractivity contribution in [3.63, 3.8) is 0 Å². The number of carbonyl (C=O) groups excluding carboxylic acids is 1. The van der Waals surface area contributed by atoms with Crippen LogP contribution in [0.3, 0.4) is 0 Å². The van der Waals surface area contributed by atoms with E-state index < -0.39 is 18.7 Å². The number of aromatic nitrogens is 1. The van der Waals surface area contributed by atoms with E-state index in [0.717, 1.165) is 5.56 Å². The molecule has 1 unspecified atom stereocenters. The van der Waals surface area contributed by atoms with Gasteiger partial charge >= 0.3 is 5.97 Å². The number of nitrogens with zero attached hydrogens (tertiary/aromatic N) is 1. The Bertz CT molecular complexity index is 639. The molecule has 2 aromatic rings. The zero-order valence-corrected chi connectivity index (χ0v) is 11.4. The number of aromatic hydroxyl groups is 1. The maximum absolute atomic E-state index is 11.6. The lowest BCUT2D eigenvalue weighted by atomic mass is 10.0. The van der Waals surface area contributed by atoms with Gasteiger partial charge in [0.25, 0.3) is 0 Å². The van der Waals surface area contributed by atoms with Crippen LogP contribution in [0.25, 0.3) is 11.1 Å². The van der Waals surface area contributed by atoms with Gasteiger partial charge in [-0.3, -0.25) is 0 Å². The molecule has 6 heteroatoms. The first-order valence-electron chi connectivity index (χ1n) is 6.23. The molecule has 1 aromatic carbocycles. The normalized spacial score (nSPS) is 12.0. The average Bonchev–Trinajstić information content (AvgIpc) is 2.53. The van der Waals surface area contributed by atoms with Gasteiger partial charge in [0.15, 0.2) is 0 Å². The maximum Gasteiger partial charge on any atom is 0.356 e. The molecule has 0 bridgehead atoms. The highest BCUT2D eigenvalue weighted by molar-refractivity contribution is 5.89. The molecule has 0 amide bonds. The van der Waals surface area contributed by atoms with E-state index in [9.17, 15) is 15.0 Å². The molecule has 110 valence electrons. The van der Waals surface area contributed by atoms with Crippen molar-refractivity contribution < 1.29 is 24.9 Å². The van der Waals surface area contributed by atoms with Crippen LogP contribution in [-0.4, -0.2) is 40.0 Å². The standard InChI is InChI=1S/C15H15NO5/c1-21-15(20)13-7-10(6-12(16-13)14(19)8-17)9-2-4-11(18)5-3-9/h2-7,14,17-19H,8H2,1H3. The number of pyridine rings is 1. The molecular weight excluding hydrogens is 274 g/mol. The van der Waals surface area contributed by atoms with Crippen molar-refractivity contribution in [3.8, 4) is 16.9 Å². The minimum Gasteiger partial charge on any atom is -0.508 e. The van der Waals surface area contributed by atoms with Crippen LogP contribution >= 0.6 is 0 Å². The van der Waals surface area contributed by atoms with Gasteiger partial charge in [0.05, 0.1) is 19.4 Å². The van der Waals surface area contributed by atoms with Crippen LogP contribution in [0, 0.1) is 0 Å². The number of hydrogen-bond acceptors (Lipinski definition) is 6. The van der Waals surface area contributed by atoms with Gasteiger partial charge in [0.2, 0.25) is 0 Å². The summed E-state index contributed by atoms with van der Waals surface area (Å²) in [7, 11) is 1.24. The largest absolute Gasteiger partial charge is 0.508 e. The number of rotatable bonds is 4. The second kappa shape index (κ2) is 6.34. The summed E-state index contributed by atoms with van der Waals surface area (Å²) in [4.78, 5) is 15.6. The second-order valence-electron chi connectivity index (χ2n) is 4.40. The van der Waals surface area contributed by atoms with E-state index in [1.165, 1.54) is 25.3 Å². The lowest BCUT2D eigenvalue weighted by Crippen LogP contribution is -2.11. The molecule has 1 heterocycles. The number of phenolic OH excluding ortho intramolecular Hbond substituents is 1. The molecule has 0 fully saturated rings. The van der Waals surface area contributed by atoms with Crippen molar-refractivity contribution in [3.05, 3.63) is 47.8 Å². The SMILES string of the molecule is COC(=O)c1cc(-c2ccc(O)cc2)cc(C(O)CO)n1. The fourth-order valence-corrected chi connectivity index (χ4v) is 1.85. The third-order valence-electron chi connectivity index (χ3n) is 2.95. The van der Waals surface area contributed by atoms with Gasteiger partial charge in [0.1, 0.15) is 17.5 Å². The lowest BCUT2D eigenvalue weighted by molar-refractivity contribution is 0.0590. The van der Waals surface area contributed by atoms with Gasteiger partial charge in [-0.1, -0.05) is 12.1 Å². The monoisotopic (exact) mass is 289 g/mol. The van der Waals surface area contributed by atoms with Crippen molar-refractivity contribution in [2.75, 3.05) is 13.7 Å². The van der Waals surface area contributed by atoms with Gasteiger partial charge in [-0.2, -0.15) is 0 Å². The minimum atomic E-state index is -1.19. The van der Waals surface area contributed by atoms with Gasteiger partial charge < -0.3 is 20.1 Å². The smallest absolute Gasteiger partial charge is 0.356 e. The van der Waals surface area contributed by atoms with Crippen LogP contribution in [0.1, 0.15) is 22.3 Å². The summed E-state index contributed by atoms with van der Waals surface area (Å²) in [6.07, 6.45) is -1.19. The highest BCUT2D eigenvalue weighted by Gasteiger charge is 2.16. The highest BCUT2D eigenvalue weighted by atomic mass is 16.5. The number of aliphatic hydroxyl groups is 2. The predicted molar refractivity (Wildman–Crippen MR) is 74.7 cm³/mol. The third-order valence-corrected chi connectivity index (χ3v) is 2.95. The molecule has 0 spiro atoms. The Morgan fingerprint density at radius 1 is 1.24 bits per heavy atom. The van der Waals surface area contributed by atoms with Gasteiger partial charge in [0, 0.05) is 0 Å². The molecule has 21 heavy (non-hydrogen) atoms. The molecule has 0 saturated heterocycles. The topological polar surface area (TPSA) is 99.9 Å². The van der Waals surface area contributed by atoms with Crippen LogP contribution in [-0.2, 0) is 4.74 Å². The molecular formula is C15H15NO5. The molecule has 0 aliphatic carbocycles. The minimum absolute atomic E-state index is 0.0329. The molecule has 1 atom stereocenters. The number of methoxy groups -OCH3 is 1. The van der Waals surface area contributed by atoms with Gasteiger partial charge in [-0.15, -0.1) is 0 Å². The fourth-order valence-electron chi connectivity index (χ4n) is 1.85. The van der Waals surface area contributed by atoms with Crippen LogP contribution in [0.5, 0.6) is 5.75 Å². The Balaban J connectivity index is 2.53. The Labute approximate surface area is 121 Å². The van der Waals surface area contributed by atoms with Crippen LogP contribution in [0.15, 0.2) is 36.4 Å². The number of carbonyl (C=O) groups is 1. The van der Waals surface area contributed by atoms with E-state index in [1.807, 2.05) is 0 Å². The summed E-state index contributed by atoms with van der Waals surface area (Å²) >= 11 is 0. The molecule has 2 rings (SSSR count). The summed E-state index contributed by atoms with van der Waals surface area (Å²) in [5.41, 5.74) is 1.55. The predicted octanol–water partition coefficient (Wildman–Crippen LogP) is 1.27. The van der Waals surface area contributed by atoms with Crippen molar-refractivity contribution in [2.24, 2.45) is 0 Å². The number of aliphatic hydroxyl groups excluding tert-OH is 2. The summed E-state index contributed by atoms with van der Waals surface area (Å²) in [6.45, 7) is -0.507. The van der Waals surface area contributed by atoms with Crippen molar-refractivity contribution in [1.29, 1.82) is 0 Å². The molecule has 6 nitrogen and oxygen atoms in total. The average molecular weight is 289 g/mol. The first-order chi connectivity index (χ1) is 10.0. The summed E-state index contributed by atoms with van der Waals surface area (Å²) < 4.78 is 4.63. The maximum atomic E-state index is 11.6. The molecule has 0 aliphatic rings. The first kappa shape index (κ1) is 15.0. The molecule has 3 N–H and O–H groups in total. The first-order valence-corrected chi connectivity index (χ1v) is 6.23. The molecule has 0 radical (unpaired) electrons. The summed E-state index contributed by atoms with van der Waals surface area (Å²) in [5, 5.41) is 28.1. The van der Waals surface area contributed by atoms with Crippen LogP contribution in [0.4, 0.5) is 0 Å². The van der Waals surface area contributed by atoms with E-state index >= 15 is 0 Å². The van der Waals surface area contributed by atoms with E-state index in [4.69, 9.17) is 5.11 Å². The molecule has 0 aliphatic heterocycles. The molecule has 1 aromatic heterocycles. The Morgan fingerprint density at radius 3 is 2.48 bits per heavy atom. The number of hydrogen-bond donors (Lipinski definition) is 3. The van der Waals surface area contributed by atoms with Crippen LogP contribution < -0.4 is 0 Å². The Hall–Kier alpha value is -2.44. The van der Waals surface area contributed by atoms with Crippen molar-refractivity contribution in [1.82, 2.24) is 4.98 Å². The van der Waals surface area contributed by atoms with E-state index in [0.29, 0.717) is 5.56 Å². The van der Waals surface area contributed by atoms with Gasteiger partial charge in [-0.25, -0.2) is 9.78 Å². The number of ether oxygens (including phenoxy) is 1. The zero-order valence-electron chi connectivity index (χ0n) is 11.4. The van der Waals surface area contributed by atoms with E-state index in [2.05, 4.69) is 9.72 Å². The second-order valence-corrected chi connectivity index (χ2v) is 4.40. The van der Waals surface area contributed by atoms with Crippen molar-refractivity contribution in [2.45, 2.75) is 6.10 Å².